The van der Waals surface area contributed by atoms with E-state index in [1.54, 1.807) is 0 Å². The molecular weight excluding hydrogens is 197 g/mol. The van der Waals surface area contributed by atoms with E-state index in [1.165, 1.54) is 6.07 Å². The van der Waals surface area contributed by atoms with Gasteiger partial charge in [0.05, 0.1) is 12.6 Å². The highest BCUT2D eigenvalue weighted by atomic mass is 35.5. The van der Waals surface area contributed by atoms with Crippen molar-refractivity contribution in [1.29, 1.82) is 0 Å². The Labute approximate surface area is 79.6 Å². The molecule has 1 rings (SSSR count). The molecule has 3 nitrogen and oxygen atoms in total. The van der Waals surface area contributed by atoms with Crippen LogP contribution in [0.1, 0.15) is 11.6 Å². The van der Waals surface area contributed by atoms with Crippen molar-refractivity contribution in [2.24, 2.45) is 5.73 Å². The second kappa shape index (κ2) is 3.91. The van der Waals surface area contributed by atoms with Crippen LogP contribution in [0.2, 0.25) is 5.02 Å². The van der Waals surface area contributed by atoms with Crippen molar-refractivity contribution in [1.82, 2.24) is 0 Å². The van der Waals surface area contributed by atoms with Gasteiger partial charge in [0.25, 0.3) is 0 Å². The molecule has 0 radical (unpaired) electrons. The molecule has 72 valence electrons. The summed E-state index contributed by atoms with van der Waals surface area (Å²) in [4.78, 5) is 0. The number of phenolic OH excluding ortho intramolecular Hbond substituents is 1. The Bertz CT molecular complexity index is 319. The van der Waals surface area contributed by atoms with E-state index in [9.17, 15) is 9.50 Å². The summed E-state index contributed by atoms with van der Waals surface area (Å²) < 4.78 is 12.9. The average Bonchev–Trinajstić information content (AvgIpc) is 2.10. The highest BCUT2D eigenvalue weighted by molar-refractivity contribution is 6.30. The number of phenols is 1. The fourth-order valence-electron chi connectivity index (χ4n) is 0.967. The first-order valence-electron chi connectivity index (χ1n) is 3.60. The summed E-state index contributed by atoms with van der Waals surface area (Å²) in [5, 5.41) is 18.0. The maximum atomic E-state index is 12.9. The molecule has 0 amide bonds. The lowest BCUT2D eigenvalue weighted by atomic mass is 10.1. The van der Waals surface area contributed by atoms with E-state index in [4.69, 9.17) is 22.4 Å². The Morgan fingerprint density at radius 2 is 2.15 bits per heavy atom. The fourth-order valence-corrected chi connectivity index (χ4v) is 1.18. The van der Waals surface area contributed by atoms with Crippen molar-refractivity contribution in [2.45, 2.75) is 6.04 Å². The van der Waals surface area contributed by atoms with E-state index >= 15 is 0 Å². The zero-order valence-corrected chi connectivity index (χ0v) is 7.42. The topological polar surface area (TPSA) is 66.5 Å². The summed E-state index contributed by atoms with van der Waals surface area (Å²) >= 11 is 5.53. The van der Waals surface area contributed by atoms with E-state index < -0.39 is 17.6 Å². The van der Waals surface area contributed by atoms with Crippen molar-refractivity contribution in [3.63, 3.8) is 0 Å². The molecule has 5 heteroatoms. The van der Waals surface area contributed by atoms with Crippen LogP contribution in [0.3, 0.4) is 0 Å². The first-order chi connectivity index (χ1) is 6.06. The number of rotatable bonds is 2. The highest BCUT2D eigenvalue weighted by Crippen LogP contribution is 2.29. The van der Waals surface area contributed by atoms with Crippen LogP contribution < -0.4 is 5.73 Å². The quantitative estimate of drug-likeness (QED) is 0.679. The van der Waals surface area contributed by atoms with E-state index in [2.05, 4.69) is 0 Å². The van der Waals surface area contributed by atoms with Gasteiger partial charge in [0.1, 0.15) is 0 Å². The van der Waals surface area contributed by atoms with Gasteiger partial charge in [-0.1, -0.05) is 11.6 Å². The monoisotopic (exact) mass is 205 g/mol. The number of aliphatic hydroxyl groups excluding tert-OH is 1. The Kier molecular flexibility index (Phi) is 3.08. The molecule has 0 aliphatic heterocycles. The summed E-state index contributed by atoms with van der Waals surface area (Å²) in [6, 6.07) is 1.47. The van der Waals surface area contributed by atoms with Crippen molar-refractivity contribution in [2.75, 3.05) is 6.61 Å². The molecule has 0 heterocycles. The van der Waals surface area contributed by atoms with Crippen molar-refractivity contribution in [3.8, 4) is 5.75 Å². The molecular formula is C8H9ClFNO2. The largest absolute Gasteiger partial charge is 0.505 e. The molecule has 0 saturated carbocycles. The Morgan fingerprint density at radius 1 is 1.54 bits per heavy atom. The number of aromatic hydroxyl groups is 1. The number of benzene rings is 1. The average molecular weight is 206 g/mol. The number of nitrogens with two attached hydrogens (primary N) is 1. The molecule has 1 atom stereocenters. The summed E-state index contributed by atoms with van der Waals surface area (Å²) in [5.41, 5.74) is 5.50. The molecule has 0 aliphatic rings. The molecule has 0 fully saturated rings. The maximum absolute atomic E-state index is 12.9. The Balaban J connectivity index is 3.20. The van der Waals surface area contributed by atoms with E-state index in [-0.39, 0.29) is 17.2 Å². The molecule has 13 heavy (non-hydrogen) atoms. The lowest BCUT2D eigenvalue weighted by molar-refractivity contribution is 0.264. The third kappa shape index (κ3) is 2.09. The summed E-state index contributed by atoms with van der Waals surface area (Å²) in [6.45, 7) is -0.382. The van der Waals surface area contributed by atoms with Crippen molar-refractivity contribution >= 4 is 11.6 Å². The van der Waals surface area contributed by atoms with Gasteiger partial charge in [0.15, 0.2) is 11.6 Å². The minimum Gasteiger partial charge on any atom is -0.505 e. The van der Waals surface area contributed by atoms with Crippen LogP contribution in [0.25, 0.3) is 0 Å². The number of hydrogen-bond acceptors (Lipinski definition) is 3. The number of hydrogen-bond donors (Lipinski definition) is 3. The lowest BCUT2D eigenvalue weighted by Crippen LogP contribution is -2.14. The molecule has 4 N–H and O–H groups in total. The Hall–Kier alpha value is -0.840. The molecule has 0 aliphatic carbocycles. The van der Waals surface area contributed by atoms with Crippen LogP contribution in [-0.2, 0) is 0 Å². The zero-order valence-electron chi connectivity index (χ0n) is 6.67. The van der Waals surface area contributed by atoms with E-state index in [1.807, 2.05) is 0 Å². The van der Waals surface area contributed by atoms with Gasteiger partial charge in [-0.05, 0) is 12.1 Å². The van der Waals surface area contributed by atoms with Gasteiger partial charge in [0, 0.05) is 10.6 Å². The van der Waals surface area contributed by atoms with Crippen LogP contribution in [-0.4, -0.2) is 16.8 Å². The zero-order chi connectivity index (χ0) is 10.0. The normalized spacial score (nSPS) is 12.9. The van der Waals surface area contributed by atoms with E-state index in [0.717, 1.165) is 6.07 Å². The first-order valence-corrected chi connectivity index (χ1v) is 3.98. The molecule has 0 saturated heterocycles. The van der Waals surface area contributed by atoms with Crippen LogP contribution >= 0.6 is 11.6 Å². The predicted octanol–water partition coefficient (Wildman–Crippen LogP) is 1.18. The van der Waals surface area contributed by atoms with Gasteiger partial charge in [-0.15, -0.1) is 0 Å². The summed E-state index contributed by atoms with van der Waals surface area (Å²) in [6.07, 6.45) is 0. The van der Waals surface area contributed by atoms with Gasteiger partial charge in [-0.3, -0.25) is 0 Å². The maximum Gasteiger partial charge on any atom is 0.166 e. The third-order valence-corrected chi connectivity index (χ3v) is 1.87. The predicted molar refractivity (Wildman–Crippen MR) is 47.1 cm³/mol. The molecule has 0 bridgehead atoms. The van der Waals surface area contributed by atoms with Crippen LogP contribution in [0.5, 0.6) is 5.75 Å². The highest BCUT2D eigenvalue weighted by Gasteiger charge is 2.14. The second-order valence-electron chi connectivity index (χ2n) is 2.61. The molecule has 0 spiro atoms. The molecule has 1 aromatic rings. The van der Waals surface area contributed by atoms with Gasteiger partial charge in [-0.2, -0.15) is 0 Å². The van der Waals surface area contributed by atoms with Crippen molar-refractivity contribution in [3.05, 3.63) is 28.5 Å². The molecule has 0 aromatic heterocycles. The molecule has 1 unspecified atom stereocenters. The lowest BCUT2D eigenvalue weighted by Gasteiger charge is -2.11. The van der Waals surface area contributed by atoms with Gasteiger partial charge in [0.2, 0.25) is 0 Å². The first kappa shape index (κ1) is 10.2. The summed E-state index contributed by atoms with van der Waals surface area (Å²) in [5.74, 6) is -1.41. The van der Waals surface area contributed by atoms with Gasteiger partial charge in [-0.25, -0.2) is 4.39 Å². The number of aliphatic hydroxyl groups is 1. The minimum atomic E-state index is -0.841. The second-order valence-corrected chi connectivity index (χ2v) is 3.05. The summed E-state index contributed by atoms with van der Waals surface area (Å²) in [7, 11) is 0. The third-order valence-electron chi connectivity index (χ3n) is 1.65. The SMILES string of the molecule is NC(CO)c1cc(Cl)cc(F)c1O. The van der Waals surface area contributed by atoms with Crippen molar-refractivity contribution < 1.29 is 14.6 Å². The smallest absolute Gasteiger partial charge is 0.166 e. The van der Waals surface area contributed by atoms with Gasteiger partial charge < -0.3 is 15.9 Å². The minimum absolute atomic E-state index is 0.104. The van der Waals surface area contributed by atoms with Crippen LogP contribution in [0.15, 0.2) is 12.1 Å². The Morgan fingerprint density at radius 3 is 2.69 bits per heavy atom. The van der Waals surface area contributed by atoms with Crippen LogP contribution in [0.4, 0.5) is 4.39 Å². The fraction of sp³-hybridized carbons (Fsp3) is 0.250. The van der Waals surface area contributed by atoms with E-state index in [0.29, 0.717) is 0 Å². The van der Waals surface area contributed by atoms with Gasteiger partial charge >= 0.3 is 0 Å². The standard InChI is InChI=1S/C8H9ClFNO2/c9-4-1-5(7(11)3-12)8(13)6(10)2-4/h1-2,7,12-13H,3,11H2. The van der Waals surface area contributed by atoms with Crippen LogP contribution in [0, 0.1) is 5.82 Å². The molecule has 1 aromatic carbocycles. The number of halogens is 2.